The lowest BCUT2D eigenvalue weighted by Gasteiger charge is -2.09. The lowest BCUT2D eigenvalue weighted by atomic mass is 10.2. The van der Waals surface area contributed by atoms with E-state index in [4.69, 9.17) is 21.1 Å². The summed E-state index contributed by atoms with van der Waals surface area (Å²) in [5.74, 6) is 0.411. The van der Waals surface area contributed by atoms with Gasteiger partial charge in [0.1, 0.15) is 0 Å². The van der Waals surface area contributed by atoms with Crippen LogP contribution in [0, 0.1) is 6.92 Å². The molecule has 0 saturated carbocycles. The Morgan fingerprint density at radius 3 is 2.54 bits per heavy atom. The van der Waals surface area contributed by atoms with Crippen molar-refractivity contribution in [3.8, 4) is 11.5 Å². The second-order valence-electron chi connectivity index (χ2n) is 5.89. The maximum atomic E-state index is 12.0. The van der Waals surface area contributed by atoms with Crippen LogP contribution in [0.5, 0.6) is 11.5 Å². The highest BCUT2D eigenvalue weighted by atomic mass is 35.5. The fraction of sp³-hybridized carbons (Fsp3) is 0.250. The molecule has 0 aliphatic rings. The number of benzene rings is 2. The van der Waals surface area contributed by atoms with E-state index in [0.717, 1.165) is 5.56 Å². The van der Waals surface area contributed by atoms with Crippen LogP contribution in [-0.4, -0.2) is 32.2 Å². The number of hydrazone groups is 1. The number of nitrogens with zero attached hydrogens (tertiary/aromatic N) is 1. The van der Waals surface area contributed by atoms with Crippen LogP contribution < -0.4 is 20.2 Å². The summed E-state index contributed by atoms with van der Waals surface area (Å²) in [6.07, 6.45) is 1.47. The minimum atomic E-state index is -0.379. The Balaban J connectivity index is 1.83. The summed E-state index contributed by atoms with van der Waals surface area (Å²) in [6, 6.07) is 10.6. The summed E-state index contributed by atoms with van der Waals surface area (Å²) in [7, 11) is 3.06. The summed E-state index contributed by atoms with van der Waals surface area (Å²) in [4.78, 5) is 23.8. The van der Waals surface area contributed by atoms with Crippen molar-refractivity contribution in [2.75, 3.05) is 19.5 Å². The molecule has 0 saturated heterocycles. The number of halogens is 1. The maximum absolute atomic E-state index is 12.0. The Morgan fingerprint density at radius 1 is 1.11 bits per heavy atom. The number of methoxy groups -OCH3 is 2. The number of hydrogen-bond acceptors (Lipinski definition) is 5. The number of anilines is 1. The summed E-state index contributed by atoms with van der Waals surface area (Å²) in [6.45, 7) is 1.87. The van der Waals surface area contributed by atoms with E-state index in [0.29, 0.717) is 27.8 Å². The highest BCUT2D eigenvalue weighted by molar-refractivity contribution is 6.31. The molecule has 2 aromatic rings. The molecule has 0 aliphatic heterocycles. The smallest absolute Gasteiger partial charge is 0.240 e. The first kappa shape index (κ1) is 21.2. The molecule has 0 fully saturated rings. The fourth-order valence-electron chi connectivity index (χ4n) is 2.36. The number of nitrogens with one attached hydrogen (secondary N) is 2. The number of rotatable bonds is 8. The Morgan fingerprint density at radius 2 is 1.86 bits per heavy atom. The standard InChI is InChI=1S/C20H22ClN3O4/c1-13-7-8-15(11-16(13)21)23-18(25)9-10-19(26)24-22-12-14-5-4-6-17(27-2)20(14)28-3/h4-8,11-12H,9-10H2,1-3H3,(H,23,25)(H,24,26). The topological polar surface area (TPSA) is 89.0 Å². The molecule has 0 radical (unpaired) electrons. The van der Waals surface area contributed by atoms with Crippen LogP contribution in [-0.2, 0) is 9.59 Å². The van der Waals surface area contributed by atoms with Crippen molar-refractivity contribution in [2.24, 2.45) is 5.10 Å². The van der Waals surface area contributed by atoms with Gasteiger partial charge in [0.25, 0.3) is 0 Å². The summed E-state index contributed by atoms with van der Waals surface area (Å²) in [5, 5.41) is 7.17. The van der Waals surface area contributed by atoms with Gasteiger partial charge < -0.3 is 14.8 Å². The number of carbonyl (C=O) groups excluding carboxylic acids is 2. The van der Waals surface area contributed by atoms with E-state index in [9.17, 15) is 9.59 Å². The van der Waals surface area contributed by atoms with Crippen molar-refractivity contribution < 1.29 is 19.1 Å². The Hall–Kier alpha value is -3.06. The number of hydrogen-bond donors (Lipinski definition) is 2. The second kappa shape index (κ2) is 10.3. The molecule has 28 heavy (non-hydrogen) atoms. The Labute approximate surface area is 168 Å². The van der Waals surface area contributed by atoms with Crippen molar-refractivity contribution >= 4 is 35.3 Å². The lowest BCUT2D eigenvalue weighted by molar-refractivity contribution is -0.124. The van der Waals surface area contributed by atoms with Gasteiger partial charge in [0.05, 0.1) is 20.4 Å². The van der Waals surface area contributed by atoms with Crippen LogP contribution in [0.25, 0.3) is 0 Å². The normalized spacial score (nSPS) is 10.6. The molecule has 2 aromatic carbocycles. The largest absolute Gasteiger partial charge is 0.493 e. The van der Waals surface area contributed by atoms with Crippen molar-refractivity contribution in [1.82, 2.24) is 5.43 Å². The molecule has 0 aromatic heterocycles. The number of ether oxygens (including phenoxy) is 2. The first-order valence-corrected chi connectivity index (χ1v) is 8.91. The first-order chi connectivity index (χ1) is 13.4. The summed E-state index contributed by atoms with van der Waals surface area (Å²) >= 11 is 6.03. The molecule has 2 rings (SSSR count). The van der Waals surface area contributed by atoms with Gasteiger partial charge in [-0.2, -0.15) is 5.10 Å². The highest BCUT2D eigenvalue weighted by Crippen LogP contribution is 2.29. The molecule has 0 heterocycles. The molecule has 0 bridgehead atoms. The molecule has 8 heteroatoms. The van der Waals surface area contributed by atoms with Crippen molar-refractivity contribution in [1.29, 1.82) is 0 Å². The third-order valence-electron chi connectivity index (χ3n) is 3.86. The SMILES string of the molecule is COc1cccc(C=NNC(=O)CCC(=O)Nc2ccc(C)c(Cl)c2)c1OC. The van der Waals surface area contributed by atoms with Crippen LogP contribution in [0.2, 0.25) is 5.02 Å². The van der Waals surface area contributed by atoms with Gasteiger partial charge in [-0.05, 0) is 36.8 Å². The molecule has 0 aliphatic carbocycles. The van der Waals surface area contributed by atoms with Gasteiger partial charge in [0.2, 0.25) is 11.8 Å². The van der Waals surface area contributed by atoms with Gasteiger partial charge in [-0.15, -0.1) is 0 Å². The van der Waals surface area contributed by atoms with Gasteiger partial charge >= 0.3 is 0 Å². The maximum Gasteiger partial charge on any atom is 0.240 e. The number of para-hydroxylation sites is 1. The van der Waals surface area contributed by atoms with Crippen LogP contribution in [0.1, 0.15) is 24.0 Å². The molecule has 148 valence electrons. The third kappa shape index (κ3) is 5.99. The van der Waals surface area contributed by atoms with E-state index in [1.165, 1.54) is 20.4 Å². The lowest BCUT2D eigenvalue weighted by Crippen LogP contribution is -2.20. The average molecular weight is 404 g/mol. The van der Waals surface area contributed by atoms with Crippen molar-refractivity contribution in [2.45, 2.75) is 19.8 Å². The molecule has 2 N–H and O–H groups in total. The summed E-state index contributed by atoms with van der Waals surface area (Å²) in [5.41, 5.74) is 4.55. The highest BCUT2D eigenvalue weighted by Gasteiger charge is 2.09. The zero-order chi connectivity index (χ0) is 20.5. The third-order valence-corrected chi connectivity index (χ3v) is 4.27. The van der Waals surface area contributed by atoms with Gasteiger partial charge in [-0.1, -0.05) is 23.7 Å². The molecular weight excluding hydrogens is 382 g/mol. The molecule has 0 atom stereocenters. The van der Waals surface area contributed by atoms with E-state index in [2.05, 4.69) is 15.8 Å². The molecule has 2 amide bonds. The second-order valence-corrected chi connectivity index (χ2v) is 6.30. The van der Waals surface area contributed by atoms with Crippen LogP contribution in [0.15, 0.2) is 41.5 Å². The minimum Gasteiger partial charge on any atom is -0.493 e. The quantitative estimate of drug-likeness (QED) is 0.521. The van der Waals surface area contributed by atoms with E-state index in [1.54, 1.807) is 30.3 Å². The molecular formula is C20H22ClN3O4. The number of amides is 2. The average Bonchev–Trinajstić information content (AvgIpc) is 2.69. The van der Waals surface area contributed by atoms with Crippen LogP contribution >= 0.6 is 11.6 Å². The van der Waals surface area contributed by atoms with E-state index >= 15 is 0 Å². The predicted octanol–water partition coefficient (Wildman–Crippen LogP) is 3.53. The fourth-order valence-corrected chi connectivity index (χ4v) is 2.55. The zero-order valence-corrected chi connectivity index (χ0v) is 16.7. The van der Waals surface area contributed by atoms with Crippen molar-refractivity contribution in [3.63, 3.8) is 0 Å². The number of carbonyl (C=O) groups is 2. The van der Waals surface area contributed by atoms with Crippen LogP contribution in [0.4, 0.5) is 5.69 Å². The first-order valence-electron chi connectivity index (χ1n) is 8.53. The number of aryl methyl sites for hydroxylation is 1. The van der Waals surface area contributed by atoms with Crippen LogP contribution in [0.3, 0.4) is 0 Å². The van der Waals surface area contributed by atoms with Gasteiger partial charge in [0, 0.05) is 29.1 Å². The summed E-state index contributed by atoms with van der Waals surface area (Å²) < 4.78 is 10.5. The van der Waals surface area contributed by atoms with Gasteiger partial charge in [-0.25, -0.2) is 5.43 Å². The van der Waals surface area contributed by atoms with E-state index in [1.807, 2.05) is 13.0 Å². The minimum absolute atomic E-state index is 0.00197. The van der Waals surface area contributed by atoms with E-state index in [-0.39, 0.29) is 24.7 Å². The van der Waals surface area contributed by atoms with Crippen molar-refractivity contribution in [3.05, 3.63) is 52.5 Å². The Kier molecular flexibility index (Phi) is 7.83. The Bertz CT molecular complexity index is 884. The van der Waals surface area contributed by atoms with E-state index < -0.39 is 0 Å². The van der Waals surface area contributed by atoms with Gasteiger partial charge in [-0.3, -0.25) is 9.59 Å². The molecule has 0 spiro atoms. The molecule has 0 unspecified atom stereocenters. The predicted molar refractivity (Wildman–Crippen MR) is 109 cm³/mol. The zero-order valence-electron chi connectivity index (χ0n) is 15.9. The molecule has 7 nitrogen and oxygen atoms in total. The van der Waals surface area contributed by atoms with Gasteiger partial charge in [0.15, 0.2) is 11.5 Å². The monoisotopic (exact) mass is 403 g/mol.